The van der Waals surface area contributed by atoms with Crippen LogP contribution in [0.25, 0.3) is 22.3 Å². The van der Waals surface area contributed by atoms with Crippen LogP contribution in [0, 0.1) is 5.92 Å². The summed E-state index contributed by atoms with van der Waals surface area (Å²) in [6.45, 7) is 4.84. The molecule has 1 atom stereocenters. The fraction of sp³-hybridized carbons (Fsp3) is 0.300. The average Bonchev–Trinajstić information content (AvgIpc) is 2.61. The molecule has 1 heterocycles. The monoisotopic (exact) mass is 404 g/mol. The fourth-order valence-electron chi connectivity index (χ4n) is 2.96. The van der Waals surface area contributed by atoms with Gasteiger partial charge in [-0.25, -0.2) is 9.97 Å². The molecule has 0 radical (unpaired) electrons. The maximum atomic E-state index is 10.2. The summed E-state index contributed by atoms with van der Waals surface area (Å²) in [6, 6.07) is 10.2. The molecule has 0 amide bonds. The van der Waals surface area contributed by atoms with E-state index in [0.29, 0.717) is 45.2 Å². The maximum Gasteiger partial charge on any atom is 0.165 e. The smallest absolute Gasteiger partial charge is 0.165 e. The molecule has 0 saturated carbocycles. The molecule has 5 nitrogen and oxygen atoms in total. The standard InChI is InChI=1S/C20H22Cl2N4O/c1-11(2)7-14(23)10-24-19-15-8-12(21)3-5-17(15)25-20(26-19)16-9-13(22)4-6-18(16)27/h3-6,8-9,11,14,27H,7,10,23H2,1-2H3,(H,24,25,26). The molecule has 7 heteroatoms. The number of nitrogens with one attached hydrogen (secondary N) is 1. The molecule has 3 aromatic rings. The molecule has 2 aromatic carbocycles. The van der Waals surface area contributed by atoms with Crippen molar-refractivity contribution in [3.05, 3.63) is 46.4 Å². The van der Waals surface area contributed by atoms with Gasteiger partial charge in [0.25, 0.3) is 0 Å². The Morgan fingerprint density at radius 2 is 1.78 bits per heavy atom. The van der Waals surface area contributed by atoms with Crippen LogP contribution < -0.4 is 11.1 Å². The van der Waals surface area contributed by atoms with E-state index in [1.807, 2.05) is 12.1 Å². The van der Waals surface area contributed by atoms with E-state index in [4.69, 9.17) is 28.9 Å². The third-order valence-electron chi connectivity index (χ3n) is 4.16. The first kappa shape index (κ1) is 19.7. The first-order valence-electron chi connectivity index (χ1n) is 8.79. The molecule has 142 valence electrons. The van der Waals surface area contributed by atoms with Crippen molar-refractivity contribution in [1.82, 2.24) is 9.97 Å². The van der Waals surface area contributed by atoms with Crippen molar-refractivity contribution in [2.45, 2.75) is 26.3 Å². The molecule has 0 aliphatic rings. The van der Waals surface area contributed by atoms with Gasteiger partial charge in [-0.05, 0) is 48.7 Å². The van der Waals surface area contributed by atoms with Crippen molar-refractivity contribution in [3.8, 4) is 17.1 Å². The van der Waals surface area contributed by atoms with Gasteiger partial charge in [0.15, 0.2) is 5.82 Å². The van der Waals surface area contributed by atoms with Crippen molar-refractivity contribution >= 4 is 39.9 Å². The number of aromatic hydroxyl groups is 1. The number of hydrogen-bond acceptors (Lipinski definition) is 5. The number of benzene rings is 2. The molecular weight excluding hydrogens is 383 g/mol. The Hall–Kier alpha value is -2.08. The number of aromatic nitrogens is 2. The van der Waals surface area contributed by atoms with Gasteiger partial charge in [-0.3, -0.25) is 0 Å². The normalized spacial score (nSPS) is 12.5. The van der Waals surface area contributed by atoms with Gasteiger partial charge < -0.3 is 16.2 Å². The lowest BCUT2D eigenvalue weighted by Gasteiger charge is -2.17. The van der Waals surface area contributed by atoms with Gasteiger partial charge >= 0.3 is 0 Å². The Bertz CT molecular complexity index is 962. The summed E-state index contributed by atoms with van der Waals surface area (Å²) in [5.41, 5.74) is 7.38. The molecule has 1 unspecified atom stereocenters. The zero-order valence-corrected chi connectivity index (χ0v) is 16.7. The minimum Gasteiger partial charge on any atom is -0.507 e. The SMILES string of the molecule is CC(C)CC(N)CNc1nc(-c2cc(Cl)ccc2O)nc2ccc(Cl)cc12. The van der Waals surface area contributed by atoms with Crippen molar-refractivity contribution in [3.63, 3.8) is 0 Å². The lowest BCUT2D eigenvalue weighted by Crippen LogP contribution is -2.30. The van der Waals surface area contributed by atoms with Gasteiger partial charge in [-0.1, -0.05) is 37.0 Å². The Morgan fingerprint density at radius 1 is 1.07 bits per heavy atom. The molecule has 4 N–H and O–H groups in total. The highest BCUT2D eigenvalue weighted by atomic mass is 35.5. The molecular formula is C20H22Cl2N4O. The molecule has 1 aromatic heterocycles. The van der Waals surface area contributed by atoms with Gasteiger partial charge in [-0.2, -0.15) is 0 Å². The molecule has 0 aliphatic heterocycles. The number of fused-ring (bicyclic) bond motifs is 1. The molecule has 3 rings (SSSR count). The topological polar surface area (TPSA) is 84.1 Å². The zero-order chi connectivity index (χ0) is 19.6. The van der Waals surface area contributed by atoms with Crippen molar-refractivity contribution < 1.29 is 5.11 Å². The van der Waals surface area contributed by atoms with Crippen LogP contribution in [0.15, 0.2) is 36.4 Å². The average molecular weight is 405 g/mol. The van der Waals surface area contributed by atoms with E-state index >= 15 is 0 Å². The minimum atomic E-state index is -0.00257. The molecule has 0 fully saturated rings. The van der Waals surface area contributed by atoms with E-state index in [1.54, 1.807) is 18.2 Å². The Labute approximate surface area is 168 Å². The van der Waals surface area contributed by atoms with Crippen LogP contribution in [-0.2, 0) is 0 Å². The summed E-state index contributed by atoms with van der Waals surface area (Å²) in [7, 11) is 0. The van der Waals surface area contributed by atoms with Gasteiger partial charge in [0.2, 0.25) is 0 Å². The molecule has 0 spiro atoms. The van der Waals surface area contributed by atoms with E-state index in [2.05, 4.69) is 29.1 Å². The van der Waals surface area contributed by atoms with Crippen molar-refractivity contribution in [2.75, 3.05) is 11.9 Å². The molecule has 0 aliphatic carbocycles. The quantitative estimate of drug-likeness (QED) is 0.532. The number of halogens is 2. The summed E-state index contributed by atoms with van der Waals surface area (Å²) >= 11 is 12.2. The van der Waals surface area contributed by atoms with E-state index < -0.39 is 0 Å². The second kappa shape index (κ2) is 8.30. The largest absolute Gasteiger partial charge is 0.507 e. The number of phenolic OH excluding ortho intramolecular Hbond substituents is 1. The number of hydrogen-bond donors (Lipinski definition) is 3. The van der Waals surface area contributed by atoms with Crippen LogP contribution in [0.1, 0.15) is 20.3 Å². The first-order chi connectivity index (χ1) is 12.8. The summed E-state index contributed by atoms with van der Waals surface area (Å²) in [5, 5.41) is 15.4. The Kier molecular flexibility index (Phi) is 6.05. The fourth-order valence-corrected chi connectivity index (χ4v) is 3.30. The number of anilines is 1. The summed E-state index contributed by atoms with van der Waals surface area (Å²) in [5.74, 6) is 1.58. The number of phenols is 1. The predicted octanol–water partition coefficient (Wildman–Crippen LogP) is 5.09. The van der Waals surface area contributed by atoms with Gasteiger partial charge in [-0.15, -0.1) is 0 Å². The van der Waals surface area contributed by atoms with Gasteiger partial charge in [0.1, 0.15) is 11.6 Å². The van der Waals surface area contributed by atoms with E-state index in [0.717, 1.165) is 11.8 Å². The van der Waals surface area contributed by atoms with Gasteiger partial charge in [0, 0.05) is 28.0 Å². The zero-order valence-electron chi connectivity index (χ0n) is 15.2. The third-order valence-corrected chi connectivity index (χ3v) is 4.63. The summed E-state index contributed by atoms with van der Waals surface area (Å²) in [6.07, 6.45) is 0.901. The van der Waals surface area contributed by atoms with E-state index in [-0.39, 0.29) is 11.8 Å². The van der Waals surface area contributed by atoms with E-state index in [9.17, 15) is 5.11 Å². The van der Waals surface area contributed by atoms with Crippen LogP contribution in [-0.4, -0.2) is 27.7 Å². The van der Waals surface area contributed by atoms with Crippen LogP contribution in [0.4, 0.5) is 5.82 Å². The number of nitrogens with zero attached hydrogens (tertiary/aromatic N) is 2. The summed E-state index contributed by atoms with van der Waals surface area (Å²) < 4.78 is 0. The highest BCUT2D eigenvalue weighted by molar-refractivity contribution is 6.31. The van der Waals surface area contributed by atoms with Crippen molar-refractivity contribution in [2.24, 2.45) is 11.7 Å². The highest BCUT2D eigenvalue weighted by Crippen LogP contribution is 2.33. The predicted molar refractivity (Wildman–Crippen MR) is 113 cm³/mol. The number of nitrogens with two attached hydrogens (primary N) is 1. The molecule has 0 saturated heterocycles. The molecule has 0 bridgehead atoms. The van der Waals surface area contributed by atoms with Crippen LogP contribution >= 0.6 is 23.2 Å². The van der Waals surface area contributed by atoms with Crippen LogP contribution in [0.5, 0.6) is 5.75 Å². The minimum absolute atomic E-state index is 0.00257. The Morgan fingerprint density at radius 3 is 2.52 bits per heavy atom. The maximum absolute atomic E-state index is 10.2. The second-order valence-electron chi connectivity index (χ2n) is 6.99. The summed E-state index contributed by atoms with van der Waals surface area (Å²) in [4.78, 5) is 9.18. The van der Waals surface area contributed by atoms with Crippen LogP contribution in [0.2, 0.25) is 10.0 Å². The Balaban J connectivity index is 2.04. The van der Waals surface area contributed by atoms with E-state index in [1.165, 1.54) is 6.07 Å². The molecule has 27 heavy (non-hydrogen) atoms. The van der Waals surface area contributed by atoms with Crippen LogP contribution in [0.3, 0.4) is 0 Å². The third kappa shape index (κ3) is 4.80. The lowest BCUT2D eigenvalue weighted by molar-refractivity contribution is 0.477. The van der Waals surface area contributed by atoms with Gasteiger partial charge in [0.05, 0.1) is 11.1 Å². The second-order valence-corrected chi connectivity index (χ2v) is 7.86. The highest BCUT2D eigenvalue weighted by Gasteiger charge is 2.14. The number of rotatable bonds is 6. The first-order valence-corrected chi connectivity index (χ1v) is 9.54. The lowest BCUT2D eigenvalue weighted by atomic mass is 10.0. The van der Waals surface area contributed by atoms with Crippen molar-refractivity contribution in [1.29, 1.82) is 0 Å².